The van der Waals surface area contributed by atoms with E-state index in [-0.39, 0.29) is 9.79 Å². The normalized spacial score (nSPS) is 12.6. The molecular weight excluding hydrogens is 312 g/mol. The highest BCUT2D eigenvalue weighted by molar-refractivity contribution is 7.91. The van der Waals surface area contributed by atoms with Crippen LogP contribution < -0.4 is 5.32 Å². The Morgan fingerprint density at radius 3 is 2.05 bits per heavy atom. The summed E-state index contributed by atoms with van der Waals surface area (Å²) in [6.07, 6.45) is 1.06. The van der Waals surface area contributed by atoms with Gasteiger partial charge >= 0.3 is 0 Å². The number of sulfone groups is 1. The first-order valence-electron chi connectivity index (χ1n) is 6.76. The Morgan fingerprint density at radius 2 is 1.62 bits per heavy atom. The van der Waals surface area contributed by atoms with E-state index in [0.29, 0.717) is 25.3 Å². The molecule has 8 heteroatoms. The monoisotopic (exact) mass is 334 g/mol. The van der Waals surface area contributed by atoms with E-state index < -0.39 is 19.9 Å². The van der Waals surface area contributed by atoms with Gasteiger partial charge in [-0.25, -0.2) is 16.8 Å². The van der Waals surface area contributed by atoms with Gasteiger partial charge in [-0.1, -0.05) is 13.8 Å². The van der Waals surface area contributed by atoms with Crippen molar-refractivity contribution in [2.75, 3.05) is 31.2 Å². The molecule has 21 heavy (non-hydrogen) atoms. The van der Waals surface area contributed by atoms with Crippen molar-refractivity contribution < 1.29 is 16.8 Å². The van der Waals surface area contributed by atoms with Crippen LogP contribution in [0.2, 0.25) is 0 Å². The molecule has 0 atom stereocenters. The number of nitrogens with one attached hydrogen (secondary N) is 1. The second-order valence-electron chi connectivity index (χ2n) is 4.55. The van der Waals surface area contributed by atoms with Gasteiger partial charge in [0.1, 0.15) is 4.90 Å². The molecule has 0 bridgehead atoms. The fourth-order valence-electron chi connectivity index (χ4n) is 1.99. The zero-order chi connectivity index (χ0) is 16.3. The third-order valence-corrected chi connectivity index (χ3v) is 6.27. The summed E-state index contributed by atoms with van der Waals surface area (Å²) in [5.74, 6) is 0. The molecule has 1 N–H and O–H groups in total. The molecule has 0 radical (unpaired) electrons. The summed E-state index contributed by atoms with van der Waals surface area (Å²) in [6.45, 7) is 6.53. The topological polar surface area (TPSA) is 83.5 Å². The molecule has 0 aliphatic heterocycles. The molecule has 1 aromatic rings. The van der Waals surface area contributed by atoms with E-state index >= 15 is 0 Å². The lowest BCUT2D eigenvalue weighted by atomic mass is 10.3. The first-order chi connectivity index (χ1) is 9.68. The van der Waals surface area contributed by atoms with Gasteiger partial charge in [0.15, 0.2) is 9.84 Å². The number of benzene rings is 1. The summed E-state index contributed by atoms with van der Waals surface area (Å²) in [6, 6.07) is 4.13. The van der Waals surface area contributed by atoms with Crippen molar-refractivity contribution >= 4 is 25.5 Å². The Morgan fingerprint density at radius 1 is 1.05 bits per heavy atom. The van der Waals surface area contributed by atoms with E-state index in [1.165, 1.54) is 22.5 Å². The number of nitrogens with zero attached hydrogens (tertiary/aromatic N) is 1. The predicted octanol–water partition coefficient (Wildman–Crippen LogP) is 1.55. The summed E-state index contributed by atoms with van der Waals surface area (Å²) in [4.78, 5) is -0.00846. The minimum absolute atomic E-state index is 0.00373. The average Bonchev–Trinajstić information content (AvgIpc) is 2.39. The van der Waals surface area contributed by atoms with Gasteiger partial charge in [0.05, 0.1) is 10.6 Å². The smallest absolute Gasteiger partial charge is 0.245 e. The summed E-state index contributed by atoms with van der Waals surface area (Å²) in [5, 5.41) is 2.96. The van der Waals surface area contributed by atoms with Crippen molar-refractivity contribution in [1.82, 2.24) is 4.31 Å². The number of hydrogen-bond donors (Lipinski definition) is 1. The maximum Gasteiger partial charge on any atom is 0.245 e. The van der Waals surface area contributed by atoms with Gasteiger partial charge in [-0.2, -0.15) is 4.31 Å². The molecule has 1 rings (SSSR count). The maximum atomic E-state index is 12.7. The highest BCUT2D eigenvalue weighted by atomic mass is 32.2. The van der Waals surface area contributed by atoms with Crippen LogP contribution in [0.4, 0.5) is 5.69 Å². The third kappa shape index (κ3) is 3.96. The standard InChI is InChI=1S/C13H22N2O4S2/c1-5-14-12-9-8-11(20(4,16)17)10-13(12)21(18,19)15(6-2)7-3/h8-10,14H,5-7H2,1-4H3. The van der Waals surface area contributed by atoms with Gasteiger partial charge in [0.2, 0.25) is 10.0 Å². The molecule has 0 aliphatic carbocycles. The van der Waals surface area contributed by atoms with Crippen molar-refractivity contribution in [2.45, 2.75) is 30.6 Å². The number of hydrogen-bond acceptors (Lipinski definition) is 5. The largest absolute Gasteiger partial charge is 0.384 e. The fraction of sp³-hybridized carbons (Fsp3) is 0.538. The van der Waals surface area contributed by atoms with Gasteiger partial charge < -0.3 is 5.32 Å². The minimum Gasteiger partial charge on any atom is -0.384 e. The molecule has 0 saturated carbocycles. The van der Waals surface area contributed by atoms with Crippen LogP contribution in [0.25, 0.3) is 0 Å². The second-order valence-corrected chi connectivity index (χ2v) is 8.47. The molecule has 0 aromatic heterocycles. The predicted molar refractivity (Wildman–Crippen MR) is 83.8 cm³/mol. The number of sulfonamides is 1. The van der Waals surface area contributed by atoms with E-state index in [9.17, 15) is 16.8 Å². The molecule has 0 unspecified atom stereocenters. The summed E-state index contributed by atoms with van der Waals surface area (Å²) < 4.78 is 49.9. The Bertz CT molecular complexity index is 693. The first kappa shape index (κ1) is 17.9. The van der Waals surface area contributed by atoms with E-state index in [1.807, 2.05) is 6.92 Å². The zero-order valence-electron chi connectivity index (χ0n) is 12.8. The van der Waals surface area contributed by atoms with Gasteiger partial charge in [0, 0.05) is 25.9 Å². The van der Waals surface area contributed by atoms with E-state index in [1.54, 1.807) is 13.8 Å². The van der Waals surface area contributed by atoms with E-state index in [2.05, 4.69) is 5.32 Å². The fourth-order valence-corrected chi connectivity index (χ4v) is 4.36. The lowest BCUT2D eigenvalue weighted by Crippen LogP contribution is -2.31. The van der Waals surface area contributed by atoms with Crippen LogP contribution in [0.3, 0.4) is 0 Å². The molecule has 0 amide bonds. The van der Waals surface area contributed by atoms with Crippen LogP contribution in [0.5, 0.6) is 0 Å². The third-order valence-electron chi connectivity index (χ3n) is 3.07. The van der Waals surface area contributed by atoms with Crippen LogP contribution in [-0.4, -0.2) is 47.0 Å². The molecule has 1 aromatic carbocycles. The van der Waals surface area contributed by atoms with E-state index in [0.717, 1.165) is 6.26 Å². The average molecular weight is 334 g/mol. The minimum atomic E-state index is -3.73. The lowest BCUT2D eigenvalue weighted by Gasteiger charge is -2.21. The van der Waals surface area contributed by atoms with Gasteiger partial charge in [-0.05, 0) is 25.1 Å². The van der Waals surface area contributed by atoms with Gasteiger partial charge in [-0.3, -0.25) is 0 Å². The van der Waals surface area contributed by atoms with Gasteiger partial charge in [0.25, 0.3) is 0 Å². The Labute approximate surface area is 127 Å². The van der Waals surface area contributed by atoms with Crippen LogP contribution in [0, 0.1) is 0 Å². The lowest BCUT2D eigenvalue weighted by molar-refractivity contribution is 0.445. The van der Waals surface area contributed by atoms with Crippen LogP contribution >= 0.6 is 0 Å². The highest BCUT2D eigenvalue weighted by Gasteiger charge is 2.26. The molecule has 0 fully saturated rings. The van der Waals surface area contributed by atoms with Crippen molar-refractivity contribution in [3.8, 4) is 0 Å². The molecule has 0 saturated heterocycles. The Kier molecular flexibility index (Phi) is 5.77. The van der Waals surface area contributed by atoms with Crippen molar-refractivity contribution in [2.24, 2.45) is 0 Å². The maximum absolute atomic E-state index is 12.7. The molecule has 6 nitrogen and oxygen atoms in total. The zero-order valence-corrected chi connectivity index (χ0v) is 14.4. The molecule has 0 heterocycles. The summed E-state index contributed by atoms with van der Waals surface area (Å²) in [5.41, 5.74) is 0.414. The van der Waals surface area contributed by atoms with Crippen LogP contribution in [-0.2, 0) is 19.9 Å². The molecule has 120 valence electrons. The second kappa shape index (κ2) is 6.76. The SMILES string of the molecule is CCNc1ccc(S(C)(=O)=O)cc1S(=O)(=O)N(CC)CC. The van der Waals surface area contributed by atoms with Crippen molar-refractivity contribution in [3.05, 3.63) is 18.2 Å². The highest BCUT2D eigenvalue weighted by Crippen LogP contribution is 2.27. The first-order valence-corrected chi connectivity index (χ1v) is 10.1. The molecule has 0 spiro atoms. The summed E-state index contributed by atoms with van der Waals surface area (Å²) in [7, 11) is -7.20. The van der Waals surface area contributed by atoms with Crippen LogP contribution in [0.1, 0.15) is 20.8 Å². The quantitative estimate of drug-likeness (QED) is 0.818. The van der Waals surface area contributed by atoms with E-state index in [4.69, 9.17) is 0 Å². The summed E-state index contributed by atoms with van der Waals surface area (Å²) >= 11 is 0. The Hall–Kier alpha value is -1.12. The van der Waals surface area contributed by atoms with Crippen LogP contribution in [0.15, 0.2) is 28.0 Å². The number of rotatable bonds is 7. The van der Waals surface area contributed by atoms with Gasteiger partial charge in [-0.15, -0.1) is 0 Å². The molecular formula is C13H22N2O4S2. The molecule has 0 aliphatic rings. The van der Waals surface area contributed by atoms with Crippen molar-refractivity contribution in [1.29, 1.82) is 0 Å². The van der Waals surface area contributed by atoms with Crippen molar-refractivity contribution in [3.63, 3.8) is 0 Å². The number of anilines is 1. The Balaban J connectivity index is 3.57.